The van der Waals surface area contributed by atoms with Crippen LogP contribution in [0.3, 0.4) is 0 Å². The fourth-order valence-corrected chi connectivity index (χ4v) is 3.78. The van der Waals surface area contributed by atoms with Gasteiger partial charge in [-0.15, -0.1) is 0 Å². The van der Waals surface area contributed by atoms with Gasteiger partial charge in [0.1, 0.15) is 17.6 Å². The van der Waals surface area contributed by atoms with Crippen molar-refractivity contribution in [2.24, 2.45) is 0 Å². The molecule has 1 saturated heterocycles. The van der Waals surface area contributed by atoms with Crippen LogP contribution in [0.25, 0.3) is 0 Å². The highest BCUT2D eigenvalue weighted by Crippen LogP contribution is 2.27. The highest BCUT2D eigenvalue weighted by Gasteiger charge is 2.41. The number of rotatable bonds is 4. The normalized spacial score (nSPS) is 24.6. The van der Waals surface area contributed by atoms with Gasteiger partial charge in [-0.05, 0) is 6.42 Å². The summed E-state index contributed by atoms with van der Waals surface area (Å²) in [5.74, 6) is 0. The van der Waals surface area contributed by atoms with Gasteiger partial charge in [-0.1, -0.05) is 0 Å². The molecule has 0 bridgehead atoms. The van der Waals surface area contributed by atoms with Crippen molar-refractivity contribution in [1.82, 2.24) is 14.1 Å². The van der Waals surface area contributed by atoms with Crippen LogP contribution >= 0.6 is 0 Å². The van der Waals surface area contributed by atoms with Crippen LogP contribution in [-0.4, -0.2) is 59.2 Å². The zero-order chi connectivity index (χ0) is 15.8. The number of sulfonamides is 1. The first-order valence-corrected chi connectivity index (χ1v) is 7.43. The zero-order valence-electron chi connectivity index (χ0n) is 10.7. The summed E-state index contributed by atoms with van der Waals surface area (Å²) in [6, 6.07) is -0.920. The molecule has 0 saturated carbocycles. The topological polar surface area (TPSA) is 75.4 Å². The predicted molar refractivity (Wildman–Crippen MR) is 62.6 cm³/mol. The molecule has 2 atom stereocenters. The lowest BCUT2D eigenvalue weighted by molar-refractivity contribution is -0.142. The van der Waals surface area contributed by atoms with E-state index in [1.165, 1.54) is 0 Å². The number of hydrogen-bond donors (Lipinski definition) is 1. The smallest absolute Gasteiger partial charge is 0.395 e. The number of aromatic nitrogens is 2. The Morgan fingerprint density at radius 2 is 2.10 bits per heavy atom. The van der Waals surface area contributed by atoms with Gasteiger partial charge in [-0.2, -0.15) is 22.6 Å². The van der Waals surface area contributed by atoms with E-state index >= 15 is 0 Å². The molecule has 2 heterocycles. The number of aliphatic hydroxyl groups is 1. The van der Waals surface area contributed by atoms with Crippen molar-refractivity contribution >= 4 is 10.0 Å². The number of halogens is 4. The summed E-state index contributed by atoms with van der Waals surface area (Å²) in [6.07, 6.45) is -4.57. The van der Waals surface area contributed by atoms with E-state index in [9.17, 15) is 26.0 Å². The molecule has 6 nitrogen and oxygen atoms in total. The summed E-state index contributed by atoms with van der Waals surface area (Å²) in [7, 11) is -4.18. The van der Waals surface area contributed by atoms with E-state index < -0.39 is 53.0 Å². The van der Waals surface area contributed by atoms with Crippen molar-refractivity contribution in [3.63, 3.8) is 0 Å². The van der Waals surface area contributed by atoms with E-state index in [2.05, 4.69) is 5.10 Å². The number of hydrogen-bond acceptors (Lipinski definition) is 4. The molecule has 0 radical (unpaired) electrons. The maximum absolute atomic E-state index is 13.3. The predicted octanol–water partition coefficient (Wildman–Crippen LogP) is 0.539. The maximum Gasteiger partial charge on any atom is 0.408 e. The summed E-state index contributed by atoms with van der Waals surface area (Å²) in [6.45, 7) is -2.41. The molecule has 1 fully saturated rings. The van der Waals surface area contributed by atoms with Crippen LogP contribution in [0.1, 0.15) is 6.42 Å². The first kappa shape index (κ1) is 16.2. The second-order valence-electron chi connectivity index (χ2n) is 4.73. The van der Waals surface area contributed by atoms with E-state index in [0.717, 1.165) is 16.7 Å². The third-order valence-corrected chi connectivity index (χ3v) is 4.95. The minimum absolute atomic E-state index is 0.146. The molecule has 0 amide bonds. The summed E-state index contributed by atoms with van der Waals surface area (Å²) >= 11 is 0. The Morgan fingerprint density at radius 1 is 1.43 bits per heavy atom. The van der Waals surface area contributed by atoms with Gasteiger partial charge in [0.15, 0.2) is 0 Å². The van der Waals surface area contributed by atoms with Crippen LogP contribution in [-0.2, 0) is 16.6 Å². The summed E-state index contributed by atoms with van der Waals surface area (Å²) in [4.78, 5) is -0.459. The van der Waals surface area contributed by atoms with Gasteiger partial charge in [0.2, 0.25) is 10.0 Å². The second kappa shape index (κ2) is 5.54. The van der Waals surface area contributed by atoms with Crippen LogP contribution in [0, 0.1) is 0 Å². The molecule has 2 rings (SSSR count). The molecule has 1 aromatic heterocycles. The lowest BCUT2D eigenvalue weighted by atomic mass is 10.2. The van der Waals surface area contributed by atoms with Crippen molar-refractivity contribution in [3.05, 3.63) is 12.4 Å². The average Bonchev–Trinajstić information content (AvgIpc) is 2.94. The Balaban J connectivity index is 2.24. The molecule has 11 heteroatoms. The van der Waals surface area contributed by atoms with Crippen molar-refractivity contribution in [3.8, 4) is 0 Å². The molecule has 1 aromatic rings. The van der Waals surface area contributed by atoms with Crippen LogP contribution in [0.5, 0.6) is 0 Å². The Morgan fingerprint density at radius 3 is 2.67 bits per heavy atom. The van der Waals surface area contributed by atoms with Crippen LogP contribution in [0.2, 0.25) is 0 Å². The second-order valence-corrected chi connectivity index (χ2v) is 6.62. The molecule has 1 N–H and O–H groups in total. The number of aliphatic hydroxyl groups excluding tert-OH is 1. The molecule has 0 aromatic carbocycles. The highest BCUT2D eigenvalue weighted by molar-refractivity contribution is 7.89. The van der Waals surface area contributed by atoms with E-state index in [1.54, 1.807) is 0 Å². The van der Waals surface area contributed by atoms with Gasteiger partial charge in [0.05, 0.1) is 18.8 Å². The van der Waals surface area contributed by atoms with Crippen molar-refractivity contribution < 1.29 is 31.1 Å². The van der Waals surface area contributed by atoms with Crippen molar-refractivity contribution in [2.75, 3.05) is 13.2 Å². The summed E-state index contributed by atoms with van der Waals surface area (Å²) in [5.41, 5.74) is 0. The molecular formula is C10H13F4N3O3S. The van der Waals surface area contributed by atoms with Gasteiger partial charge < -0.3 is 5.11 Å². The first-order chi connectivity index (χ1) is 9.63. The zero-order valence-corrected chi connectivity index (χ0v) is 11.5. The monoisotopic (exact) mass is 331 g/mol. The molecule has 21 heavy (non-hydrogen) atoms. The molecule has 1 aliphatic heterocycles. The van der Waals surface area contributed by atoms with Crippen molar-refractivity contribution in [2.45, 2.75) is 36.3 Å². The molecule has 120 valence electrons. The Hall–Kier alpha value is -1.20. The lowest BCUT2D eigenvalue weighted by Crippen LogP contribution is -2.37. The number of alkyl halides is 4. The maximum atomic E-state index is 13.3. The van der Waals surface area contributed by atoms with E-state index in [-0.39, 0.29) is 6.42 Å². The van der Waals surface area contributed by atoms with E-state index in [4.69, 9.17) is 5.11 Å². The molecule has 0 unspecified atom stereocenters. The third kappa shape index (κ3) is 3.52. The Kier molecular flexibility index (Phi) is 4.26. The standard InChI is InChI=1S/C10H13F4N3O3S/c11-7-1-8(5-18)17(3-7)21(19,20)9-2-15-16(4-9)6-10(12,13)14/h2,4,7-8,18H,1,3,5-6H2/t7-,8-/m0/s1. The van der Waals surface area contributed by atoms with Gasteiger partial charge in [0.25, 0.3) is 0 Å². The number of nitrogens with zero attached hydrogens (tertiary/aromatic N) is 3. The van der Waals surface area contributed by atoms with Gasteiger partial charge >= 0.3 is 6.18 Å². The minimum atomic E-state index is -4.53. The lowest BCUT2D eigenvalue weighted by Gasteiger charge is -2.20. The molecule has 0 spiro atoms. The van der Waals surface area contributed by atoms with Gasteiger partial charge in [-0.25, -0.2) is 12.8 Å². The van der Waals surface area contributed by atoms with E-state index in [0.29, 0.717) is 4.68 Å². The van der Waals surface area contributed by atoms with Crippen molar-refractivity contribution in [1.29, 1.82) is 0 Å². The molecule has 0 aliphatic carbocycles. The van der Waals surface area contributed by atoms with E-state index in [1.807, 2.05) is 0 Å². The minimum Gasteiger partial charge on any atom is -0.395 e. The summed E-state index contributed by atoms with van der Waals surface area (Å²) in [5, 5.41) is 12.4. The third-order valence-electron chi connectivity index (χ3n) is 3.08. The molecular weight excluding hydrogens is 318 g/mol. The summed E-state index contributed by atoms with van der Waals surface area (Å²) < 4.78 is 75.6. The largest absolute Gasteiger partial charge is 0.408 e. The fraction of sp³-hybridized carbons (Fsp3) is 0.700. The van der Waals surface area contributed by atoms with Crippen LogP contribution in [0.15, 0.2) is 17.3 Å². The average molecular weight is 331 g/mol. The SMILES string of the molecule is O=S(=O)(c1cnn(CC(F)(F)F)c1)N1C[C@@H](F)C[C@H]1CO. The van der Waals surface area contributed by atoms with Gasteiger partial charge in [0, 0.05) is 12.7 Å². The van der Waals surface area contributed by atoms with Crippen LogP contribution in [0.4, 0.5) is 17.6 Å². The van der Waals surface area contributed by atoms with Crippen LogP contribution < -0.4 is 0 Å². The van der Waals surface area contributed by atoms with Gasteiger partial charge in [-0.3, -0.25) is 4.68 Å². The highest BCUT2D eigenvalue weighted by atomic mass is 32.2. The molecule has 1 aliphatic rings. The Labute approximate surface area is 118 Å². The first-order valence-electron chi connectivity index (χ1n) is 5.99. The fourth-order valence-electron chi connectivity index (χ4n) is 2.17. The Bertz CT molecular complexity index is 601. The quantitative estimate of drug-likeness (QED) is 0.817.